The standard InChI is InChI=1S/C19H16ClF3N6O3/c1-18(16(31)32-2)12-13(24)25-17(27-14(12)26-15(18)30)29-11-4-3-8(20)7-9(11)10(28-29)5-6-19(21,22)23/h3-4,7H,5-6H2,1-2H3,(H3,24,25,26,27,30). The Morgan fingerprint density at radius 1 is 1.34 bits per heavy atom. The van der Waals surface area contributed by atoms with Crippen LogP contribution in [0.15, 0.2) is 18.2 Å². The van der Waals surface area contributed by atoms with E-state index >= 15 is 0 Å². The van der Waals surface area contributed by atoms with Crippen LogP contribution in [0.1, 0.15) is 24.6 Å². The number of nitrogen functional groups attached to an aromatic ring is 1. The first-order valence-electron chi connectivity index (χ1n) is 9.28. The van der Waals surface area contributed by atoms with Crippen LogP contribution in [0, 0.1) is 0 Å². The molecule has 1 aliphatic rings. The first kappa shape index (κ1) is 21.8. The highest BCUT2D eigenvalue weighted by atomic mass is 35.5. The smallest absolute Gasteiger partial charge is 0.389 e. The maximum absolute atomic E-state index is 12.8. The van der Waals surface area contributed by atoms with E-state index in [1.54, 1.807) is 12.1 Å². The van der Waals surface area contributed by atoms with Crippen LogP contribution in [-0.2, 0) is 26.2 Å². The number of halogens is 4. The molecule has 9 nitrogen and oxygen atoms in total. The monoisotopic (exact) mass is 468 g/mol. The highest BCUT2D eigenvalue weighted by Gasteiger charge is 2.53. The van der Waals surface area contributed by atoms with Gasteiger partial charge >= 0.3 is 12.1 Å². The summed E-state index contributed by atoms with van der Waals surface area (Å²) in [6.45, 7) is 1.33. The van der Waals surface area contributed by atoms with E-state index in [1.807, 2.05) is 0 Å². The summed E-state index contributed by atoms with van der Waals surface area (Å²) in [5, 5.41) is 7.45. The van der Waals surface area contributed by atoms with E-state index in [0.29, 0.717) is 15.9 Å². The lowest BCUT2D eigenvalue weighted by molar-refractivity contribution is -0.150. The van der Waals surface area contributed by atoms with Crippen molar-refractivity contribution in [2.24, 2.45) is 0 Å². The molecule has 0 bridgehead atoms. The van der Waals surface area contributed by atoms with Crippen molar-refractivity contribution in [1.82, 2.24) is 19.7 Å². The number of nitrogens with one attached hydrogen (secondary N) is 1. The second-order valence-corrected chi connectivity index (χ2v) is 7.77. The number of hydrogen-bond acceptors (Lipinski definition) is 7. The molecule has 3 aromatic rings. The van der Waals surface area contributed by atoms with E-state index in [9.17, 15) is 22.8 Å². The van der Waals surface area contributed by atoms with Crippen LogP contribution in [0.25, 0.3) is 16.9 Å². The molecule has 0 aliphatic carbocycles. The van der Waals surface area contributed by atoms with Crippen LogP contribution in [-0.4, -0.2) is 44.9 Å². The molecule has 13 heteroatoms. The maximum atomic E-state index is 12.8. The summed E-state index contributed by atoms with van der Waals surface area (Å²) in [4.78, 5) is 33.2. The summed E-state index contributed by atoms with van der Waals surface area (Å²) in [5.74, 6) is -1.82. The van der Waals surface area contributed by atoms with Crippen LogP contribution in [0.4, 0.5) is 24.8 Å². The maximum Gasteiger partial charge on any atom is 0.389 e. The summed E-state index contributed by atoms with van der Waals surface area (Å²) in [6, 6.07) is 4.60. The molecule has 4 rings (SSSR count). The number of nitrogens with two attached hydrogens (primary N) is 1. The average Bonchev–Trinajstić information content (AvgIpc) is 3.20. The van der Waals surface area contributed by atoms with E-state index in [2.05, 4.69) is 20.4 Å². The summed E-state index contributed by atoms with van der Waals surface area (Å²) in [6.07, 6.45) is -5.83. The first-order valence-corrected chi connectivity index (χ1v) is 9.65. The van der Waals surface area contributed by atoms with Crippen molar-refractivity contribution in [3.05, 3.63) is 34.5 Å². The van der Waals surface area contributed by atoms with Crippen molar-refractivity contribution >= 4 is 46.0 Å². The van der Waals surface area contributed by atoms with Gasteiger partial charge < -0.3 is 15.8 Å². The minimum atomic E-state index is -4.37. The largest absolute Gasteiger partial charge is 0.468 e. The minimum absolute atomic E-state index is 0.0140. The van der Waals surface area contributed by atoms with E-state index in [1.165, 1.54) is 17.7 Å². The van der Waals surface area contributed by atoms with Gasteiger partial charge in [0.2, 0.25) is 5.91 Å². The number of methoxy groups -OCH3 is 1. The van der Waals surface area contributed by atoms with Gasteiger partial charge in [-0.25, -0.2) is 0 Å². The molecule has 168 valence electrons. The molecule has 3 heterocycles. The van der Waals surface area contributed by atoms with Crippen molar-refractivity contribution < 1.29 is 27.5 Å². The molecule has 2 aromatic heterocycles. The number of fused-ring (bicyclic) bond motifs is 2. The number of ether oxygens (including phenoxy) is 1. The number of nitrogens with zero attached hydrogens (tertiary/aromatic N) is 4. The molecular formula is C19H16ClF3N6O3. The van der Waals surface area contributed by atoms with Gasteiger partial charge in [-0.05, 0) is 25.1 Å². The molecule has 0 spiro atoms. The van der Waals surface area contributed by atoms with Crippen LogP contribution >= 0.6 is 11.6 Å². The second kappa shape index (κ2) is 7.33. The van der Waals surface area contributed by atoms with Crippen LogP contribution in [0.2, 0.25) is 5.02 Å². The van der Waals surface area contributed by atoms with E-state index < -0.39 is 29.9 Å². The molecule has 0 fully saturated rings. The lowest BCUT2D eigenvalue weighted by Gasteiger charge is -2.19. The Labute approximate surface area is 183 Å². The number of anilines is 2. The Hall–Kier alpha value is -3.41. The fourth-order valence-corrected chi connectivity index (χ4v) is 3.81. The van der Waals surface area contributed by atoms with Gasteiger partial charge in [0.15, 0.2) is 5.41 Å². The molecule has 1 aliphatic heterocycles. The second-order valence-electron chi connectivity index (χ2n) is 7.34. The van der Waals surface area contributed by atoms with Gasteiger partial charge in [0.05, 0.1) is 23.9 Å². The van der Waals surface area contributed by atoms with Gasteiger partial charge in [-0.2, -0.15) is 32.9 Å². The number of amides is 1. The Morgan fingerprint density at radius 2 is 2.06 bits per heavy atom. The van der Waals surface area contributed by atoms with E-state index in [4.69, 9.17) is 22.1 Å². The van der Waals surface area contributed by atoms with E-state index in [-0.39, 0.29) is 35.3 Å². The van der Waals surface area contributed by atoms with Gasteiger partial charge in [0.1, 0.15) is 11.6 Å². The van der Waals surface area contributed by atoms with Crippen molar-refractivity contribution in [3.8, 4) is 5.95 Å². The predicted molar refractivity (Wildman–Crippen MR) is 108 cm³/mol. The molecule has 32 heavy (non-hydrogen) atoms. The zero-order chi connectivity index (χ0) is 23.4. The molecule has 1 amide bonds. The molecule has 1 unspecified atom stereocenters. The Morgan fingerprint density at radius 3 is 2.72 bits per heavy atom. The highest BCUT2D eigenvalue weighted by Crippen LogP contribution is 2.41. The van der Waals surface area contributed by atoms with Crippen molar-refractivity contribution in [2.75, 3.05) is 18.2 Å². The van der Waals surface area contributed by atoms with Gasteiger partial charge in [0, 0.05) is 23.3 Å². The number of benzene rings is 1. The molecule has 0 radical (unpaired) electrons. The zero-order valence-corrected chi connectivity index (χ0v) is 17.5. The first-order chi connectivity index (χ1) is 15.0. The number of aryl methyl sites for hydroxylation is 1. The summed E-state index contributed by atoms with van der Waals surface area (Å²) in [7, 11) is 1.13. The third-order valence-electron chi connectivity index (χ3n) is 5.26. The third kappa shape index (κ3) is 3.40. The molecule has 0 saturated carbocycles. The lowest BCUT2D eigenvalue weighted by Crippen LogP contribution is -2.40. The van der Waals surface area contributed by atoms with Crippen LogP contribution in [0.5, 0.6) is 0 Å². The number of hydrogen-bond donors (Lipinski definition) is 2. The molecule has 1 aromatic carbocycles. The number of carbonyl (C=O) groups is 2. The minimum Gasteiger partial charge on any atom is -0.468 e. The average molecular weight is 469 g/mol. The van der Waals surface area contributed by atoms with Crippen LogP contribution in [0.3, 0.4) is 0 Å². The normalized spacial score (nSPS) is 18.0. The fraction of sp³-hybridized carbons (Fsp3) is 0.316. The molecule has 1 atom stereocenters. The van der Waals surface area contributed by atoms with E-state index in [0.717, 1.165) is 7.11 Å². The predicted octanol–water partition coefficient (Wildman–Crippen LogP) is 2.93. The quantitative estimate of drug-likeness (QED) is 0.445. The molecule has 0 saturated heterocycles. The summed E-state index contributed by atoms with van der Waals surface area (Å²) < 4.78 is 44.3. The Kier molecular flexibility index (Phi) is 4.99. The number of esters is 1. The topological polar surface area (TPSA) is 125 Å². The molecule has 3 N–H and O–H groups in total. The van der Waals surface area contributed by atoms with Crippen molar-refractivity contribution in [2.45, 2.75) is 31.4 Å². The summed E-state index contributed by atoms with van der Waals surface area (Å²) >= 11 is 6.03. The fourth-order valence-electron chi connectivity index (χ4n) is 3.64. The highest BCUT2D eigenvalue weighted by molar-refractivity contribution is 6.31. The van der Waals surface area contributed by atoms with Crippen molar-refractivity contribution in [1.29, 1.82) is 0 Å². The van der Waals surface area contributed by atoms with Gasteiger partial charge in [0.25, 0.3) is 5.95 Å². The SMILES string of the molecule is COC(=O)C1(C)C(=O)Nc2nc(-n3nc(CCC(F)(F)F)c4cc(Cl)ccc43)nc(N)c21. The Balaban J connectivity index is 1.86. The zero-order valence-electron chi connectivity index (χ0n) is 16.7. The Bertz CT molecular complexity index is 1280. The van der Waals surface area contributed by atoms with Crippen molar-refractivity contribution in [3.63, 3.8) is 0 Å². The number of rotatable bonds is 4. The van der Waals surface area contributed by atoms with Gasteiger partial charge in [-0.3, -0.25) is 9.59 Å². The molecular weight excluding hydrogens is 453 g/mol. The van der Waals surface area contributed by atoms with Gasteiger partial charge in [-0.1, -0.05) is 11.6 Å². The number of alkyl halides is 3. The number of aromatic nitrogens is 4. The lowest BCUT2D eigenvalue weighted by atomic mass is 9.84. The third-order valence-corrected chi connectivity index (χ3v) is 5.49. The van der Waals surface area contributed by atoms with Gasteiger partial charge in [-0.15, -0.1) is 0 Å². The summed E-state index contributed by atoms with van der Waals surface area (Å²) in [5.41, 5.74) is 4.91. The number of carbonyl (C=O) groups excluding carboxylic acids is 2. The van der Waals surface area contributed by atoms with Crippen LogP contribution < -0.4 is 11.1 Å².